The Balaban J connectivity index is 2.41. The zero-order valence-corrected chi connectivity index (χ0v) is 10.4. The summed E-state index contributed by atoms with van der Waals surface area (Å²) in [7, 11) is 1.52. The van der Waals surface area contributed by atoms with Crippen molar-refractivity contribution in [2.45, 2.75) is 19.9 Å². The number of aliphatic hydroxyl groups excluding tert-OH is 1. The molecule has 0 heterocycles. The maximum atomic E-state index is 13.5. The molecule has 1 unspecified atom stereocenters. The van der Waals surface area contributed by atoms with E-state index in [0.717, 1.165) is 13.0 Å². The number of benzene rings is 1. The van der Waals surface area contributed by atoms with E-state index in [-0.39, 0.29) is 12.4 Å². The smallest absolute Gasteiger partial charge is 0.131 e. The van der Waals surface area contributed by atoms with E-state index in [1.807, 2.05) is 6.92 Å². The van der Waals surface area contributed by atoms with E-state index in [1.165, 1.54) is 13.2 Å². The van der Waals surface area contributed by atoms with Gasteiger partial charge in [0.25, 0.3) is 0 Å². The summed E-state index contributed by atoms with van der Waals surface area (Å²) in [5.74, 6) is 0.660. The van der Waals surface area contributed by atoms with Crippen LogP contribution in [0.2, 0.25) is 0 Å². The van der Waals surface area contributed by atoms with Crippen molar-refractivity contribution in [1.82, 2.24) is 5.32 Å². The average molecular weight is 241 g/mol. The molecule has 0 saturated heterocycles. The van der Waals surface area contributed by atoms with Crippen molar-refractivity contribution in [2.75, 3.05) is 20.3 Å². The summed E-state index contributed by atoms with van der Waals surface area (Å²) in [4.78, 5) is 0. The van der Waals surface area contributed by atoms with Gasteiger partial charge in [0.15, 0.2) is 0 Å². The van der Waals surface area contributed by atoms with Crippen LogP contribution >= 0.6 is 0 Å². The van der Waals surface area contributed by atoms with Gasteiger partial charge in [0.2, 0.25) is 0 Å². The Hall–Kier alpha value is -1.13. The molecule has 0 fully saturated rings. The highest BCUT2D eigenvalue weighted by Crippen LogP contribution is 2.16. The lowest BCUT2D eigenvalue weighted by Gasteiger charge is -2.11. The molecule has 0 amide bonds. The number of rotatable bonds is 7. The van der Waals surface area contributed by atoms with Crippen LogP contribution in [-0.2, 0) is 6.54 Å². The highest BCUT2D eigenvalue weighted by molar-refractivity contribution is 5.28. The average Bonchev–Trinajstić information content (AvgIpc) is 2.31. The maximum Gasteiger partial charge on any atom is 0.131 e. The molecule has 0 aromatic heterocycles. The molecular formula is C13H20FNO2. The second-order valence-corrected chi connectivity index (χ2v) is 4.21. The minimum atomic E-state index is -0.258. The van der Waals surface area contributed by atoms with Gasteiger partial charge < -0.3 is 15.2 Å². The fraction of sp³-hybridized carbons (Fsp3) is 0.538. The van der Waals surface area contributed by atoms with Crippen molar-refractivity contribution < 1.29 is 14.2 Å². The molecule has 0 aliphatic heterocycles. The second kappa shape index (κ2) is 7.25. The molecule has 4 heteroatoms. The zero-order chi connectivity index (χ0) is 12.7. The highest BCUT2D eigenvalue weighted by atomic mass is 19.1. The van der Waals surface area contributed by atoms with Crippen molar-refractivity contribution in [1.29, 1.82) is 0 Å². The van der Waals surface area contributed by atoms with Crippen LogP contribution in [0, 0.1) is 11.7 Å². The molecule has 0 aliphatic carbocycles. The molecule has 3 nitrogen and oxygen atoms in total. The van der Waals surface area contributed by atoms with Crippen molar-refractivity contribution in [2.24, 2.45) is 5.92 Å². The SMILES string of the molecule is COc1ccc(CNCC(C)CCO)c(F)c1. The van der Waals surface area contributed by atoms with Gasteiger partial charge in [-0.2, -0.15) is 0 Å². The van der Waals surface area contributed by atoms with E-state index in [1.54, 1.807) is 12.1 Å². The largest absolute Gasteiger partial charge is 0.497 e. The predicted molar refractivity (Wildman–Crippen MR) is 65.5 cm³/mol. The first-order chi connectivity index (χ1) is 8.17. The second-order valence-electron chi connectivity index (χ2n) is 4.21. The topological polar surface area (TPSA) is 41.5 Å². The molecule has 0 radical (unpaired) electrons. The molecule has 0 bridgehead atoms. The van der Waals surface area contributed by atoms with Gasteiger partial charge in [0.05, 0.1) is 7.11 Å². The normalized spacial score (nSPS) is 12.5. The van der Waals surface area contributed by atoms with Gasteiger partial charge in [-0.3, -0.25) is 0 Å². The molecule has 1 aromatic rings. The van der Waals surface area contributed by atoms with E-state index in [9.17, 15) is 4.39 Å². The molecule has 0 saturated carbocycles. The summed E-state index contributed by atoms with van der Waals surface area (Å²) in [5.41, 5.74) is 0.627. The molecule has 1 aromatic carbocycles. The Bertz CT molecular complexity index is 344. The predicted octanol–water partition coefficient (Wildman–Crippen LogP) is 1.94. The quantitative estimate of drug-likeness (QED) is 0.766. The lowest BCUT2D eigenvalue weighted by atomic mass is 10.1. The van der Waals surface area contributed by atoms with Crippen molar-refractivity contribution in [3.8, 4) is 5.75 Å². The standard InChI is InChI=1S/C13H20FNO2/c1-10(5-6-16)8-15-9-11-3-4-12(17-2)7-13(11)14/h3-4,7,10,15-16H,5-6,8-9H2,1-2H3. The fourth-order valence-corrected chi connectivity index (χ4v) is 1.57. The molecule has 1 atom stereocenters. The maximum absolute atomic E-state index is 13.5. The Morgan fingerprint density at radius 1 is 1.47 bits per heavy atom. The number of ether oxygens (including phenoxy) is 1. The van der Waals surface area contributed by atoms with E-state index < -0.39 is 0 Å². The molecule has 96 valence electrons. The molecule has 1 rings (SSSR count). The zero-order valence-electron chi connectivity index (χ0n) is 10.4. The van der Waals surface area contributed by atoms with Crippen molar-refractivity contribution >= 4 is 0 Å². The van der Waals surface area contributed by atoms with Gasteiger partial charge in [-0.15, -0.1) is 0 Å². The Labute approximate surface area is 102 Å². The van der Waals surface area contributed by atoms with E-state index in [2.05, 4.69) is 5.32 Å². The summed E-state index contributed by atoms with van der Waals surface area (Å²) in [6.07, 6.45) is 0.762. The molecule has 17 heavy (non-hydrogen) atoms. The van der Waals surface area contributed by atoms with Crippen molar-refractivity contribution in [3.63, 3.8) is 0 Å². The van der Waals surface area contributed by atoms with Gasteiger partial charge in [0, 0.05) is 24.8 Å². The lowest BCUT2D eigenvalue weighted by molar-refractivity contribution is 0.260. The Morgan fingerprint density at radius 3 is 2.82 bits per heavy atom. The minimum Gasteiger partial charge on any atom is -0.497 e. The summed E-state index contributed by atoms with van der Waals surface area (Å²) in [5, 5.41) is 11.9. The van der Waals surface area contributed by atoms with Crippen LogP contribution in [0.4, 0.5) is 4.39 Å². The number of halogens is 1. The third kappa shape index (κ3) is 4.71. The molecular weight excluding hydrogens is 221 g/mol. The van der Waals surface area contributed by atoms with Crippen LogP contribution in [0.25, 0.3) is 0 Å². The van der Waals surface area contributed by atoms with Crippen LogP contribution in [0.3, 0.4) is 0 Å². The van der Waals surface area contributed by atoms with E-state index in [0.29, 0.717) is 23.8 Å². The van der Waals surface area contributed by atoms with Gasteiger partial charge in [0.1, 0.15) is 11.6 Å². The van der Waals surface area contributed by atoms with E-state index >= 15 is 0 Å². The number of nitrogens with one attached hydrogen (secondary N) is 1. The molecule has 2 N–H and O–H groups in total. The minimum absolute atomic E-state index is 0.194. The summed E-state index contributed by atoms with van der Waals surface area (Å²) < 4.78 is 18.5. The van der Waals surface area contributed by atoms with Gasteiger partial charge in [-0.1, -0.05) is 13.0 Å². The third-order valence-electron chi connectivity index (χ3n) is 2.69. The van der Waals surface area contributed by atoms with E-state index in [4.69, 9.17) is 9.84 Å². The van der Waals surface area contributed by atoms with Gasteiger partial charge in [-0.25, -0.2) is 4.39 Å². The number of aliphatic hydroxyl groups is 1. The first kappa shape index (κ1) is 13.9. The summed E-state index contributed by atoms with van der Waals surface area (Å²) in [6, 6.07) is 4.85. The van der Waals surface area contributed by atoms with Gasteiger partial charge in [-0.05, 0) is 24.9 Å². The van der Waals surface area contributed by atoms with Crippen LogP contribution in [0.5, 0.6) is 5.75 Å². The highest BCUT2D eigenvalue weighted by Gasteiger charge is 2.05. The number of methoxy groups -OCH3 is 1. The monoisotopic (exact) mass is 241 g/mol. The van der Waals surface area contributed by atoms with Crippen molar-refractivity contribution in [3.05, 3.63) is 29.6 Å². The first-order valence-electron chi connectivity index (χ1n) is 5.81. The van der Waals surface area contributed by atoms with Crippen LogP contribution in [0.1, 0.15) is 18.9 Å². The lowest BCUT2D eigenvalue weighted by Crippen LogP contribution is -2.21. The van der Waals surface area contributed by atoms with Crippen LogP contribution < -0.4 is 10.1 Å². The Morgan fingerprint density at radius 2 is 2.24 bits per heavy atom. The summed E-state index contributed by atoms with van der Waals surface area (Å²) >= 11 is 0. The molecule has 0 aliphatic rings. The number of hydrogen-bond donors (Lipinski definition) is 2. The summed E-state index contributed by atoms with van der Waals surface area (Å²) in [6.45, 7) is 3.50. The number of hydrogen-bond acceptors (Lipinski definition) is 3. The van der Waals surface area contributed by atoms with Crippen LogP contribution in [-0.4, -0.2) is 25.4 Å². The van der Waals surface area contributed by atoms with Crippen LogP contribution in [0.15, 0.2) is 18.2 Å². The first-order valence-corrected chi connectivity index (χ1v) is 5.81. The van der Waals surface area contributed by atoms with Gasteiger partial charge >= 0.3 is 0 Å². The third-order valence-corrected chi connectivity index (χ3v) is 2.69. The fourth-order valence-electron chi connectivity index (χ4n) is 1.57. The Kier molecular flexibility index (Phi) is 5.94. The molecule has 0 spiro atoms.